The summed E-state index contributed by atoms with van der Waals surface area (Å²) < 4.78 is 11.5. The predicted molar refractivity (Wildman–Crippen MR) is 113 cm³/mol. The van der Waals surface area contributed by atoms with Crippen LogP contribution in [0.4, 0.5) is 10.5 Å². The molecule has 0 radical (unpaired) electrons. The molecule has 0 atom stereocenters. The molecule has 28 heavy (non-hydrogen) atoms. The maximum Gasteiger partial charge on any atom is 0.410 e. The Morgan fingerprint density at radius 2 is 1.82 bits per heavy atom. The molecule has 0 saturated heterocycles. The van der Waals surface area contributed by atoms with Crippen molar-refractivity contribution in [1.29, 1.82) is 0 Å². The summed E-state index contributed by atoms with van der Waals surface area (Å²) >= 11 is 0. The molecule has 1 heterocycles. The van der Waals surface area contributed by atoms with Crippen LogP contribution in [0.2, 0.25) is 0 Å². The van der Waals surface area contributed by atoms with Gasteiger partial charge in [-0.05, 0) is 64.0 Å². The van der Waals surface area contributed by atoms with Crippen molar-refractivity contribution in [3.8, 4) is 11.5 Å². The highest BCUT2D eigenvalue weighted by molar-refractivity contribution is 5.81. The largest absolute Gasteiger partial charge is 0.457 e. The number of amides is 1. The average molecular weight is 380 g/mol. The topological polar surface area (TPSA) is 64.8 Å². The number of nitrogen functional groups attached to an aromatic ring is 1. The van der Waals surface area contributed by atoms with Crippen molar-refractivity contribution in [2.24, 2.45) is 0 Å². The molecule has 5 heteroatoms. The van der Waals surface area contributed by atoms with Gasteiger partial charge in [0, 0.05) is 29.9 Å². The zero-order chi connectivity index (χ0) is 20.3. The first-order chi connectivity index (χ1) is 13.2. The van der Waals surface area contributed by atoms with Gasteiger partial charge in [0.05, 0.1) is 0 Å². The molecule has 0 saturated carbocycles. The zero-order valence-corrected chi connectivity index (χ0v) is 17.0. The molecule has 2 N–H and O–H groups in total. The first-order valence-electron chi connectivity index (χ1n) is 9.54. The highest BCUT2D eigenvalue weighted by Crippen LogP contribution is 2.36. The van der Waals surface area contributed by atoms with Crippen LogP contribution in [-0.2, 0) is 4.74 Å². The van der Waals surface area contributed by atoms with E-state index < -0.39 is 5.60 Å². The summed E-state index contributed by atoms with van der Waals surface area (Å²) in [7, 11) is 0. The highest BCUT2D eigenvalue weighted by atomic mass is 16.6. The molecule has 0 aromatic heterocycles. The first-order valence-corrected chi connectivity index (χ1v) is 9.54. The maximum atomic E-state index is 12.3. The number of hydrogen-bond donors (Lipinski definition) is 1. The Balaban J connectivity index is 1.80. The van der Waals surface area contributed by atoms with Crippen molar-refractivity contribution in [2.75, 3.05) is 18.8 Å². The van der Waals surface area contributed by atoms with Crippen LogP contribution in [-0.4, -0.2) is 29.7 Å². The lowest BCUT2D eigenvalue weighted by molar-refractivity contribution is 0.0270. The molecule has 3 rings (SSSR count). The van der Waals surface area contributed by atoms with Gasteiger partial charge in [-0.25, -0.2) is 4.79 Å². The third kappa shape index (κ3) is 4.66. The smallest absolute Gasteiger partial charge is 0.410 e. The van der Waals surface area contributed by atoms with Crippen LogP contribution in [0.25, 0.3) is 5.57 Å². The number of carbonyl (C=O) groups excluding carboxylic acids is 1. The molecule has 148 valence electrons. The summed E-state index contributed by atoms with van der Waals surface area (Å²) in [6.07, 6.45) is 2.49. The molecule has 0 fully saturated rings. The molecule has 0 bridgehead atoms. The van der Waals surface area contributed by atoms with Crippen LogP contribution in [0.1, 0.15) is 38.3 Å². The van der Waals surface area contributed by atoms with Crippen molar-refractivity contribution in [3.63, 3.8) is 0 Å². The normalized spacial score (nSPS) is 14.4. The third-order valence-corrected chi connectivity index (χ3v) is 4.60. The second kappa shape index (κ2) is 7.97. The molecule has 2 aromatic carbocycles. The van der Waals surface area contributed by atoms with Crippen molar-refractivity contribution in [2.45, 2.75) is 39.7 Å². The Kier molecular flexibility index (Phi) is 5.63. The zero-order valence-electron chi connectivity index (χ0n) is 17.0. The van der Waals surface area contributed by atoms with E-state index in [9.17, 15) is 4.79 Å². The van der Waals surface area contributed by atoms with E-state index in [0.717, 1.165) is 40.3 Å². The second-order valence-electron chi connectivity index (χ2n) is 7.97. The van der Waals surface area contributed by atoms with E-state index in [1.807, 2.05) is 70.2 Å². The monoisotopic (exact) mass is 380 g/mol. The molecule has 0 unspecified atom stereocenters. The van der Waals surface area contributed by atoms with Crippen molar-refractivity contribution in [3.05, 3.63) is 59.7 Å². The molecular formula is C23H28N2O3. The Morgan fingerprint density at radius 1 is 1.11 bits per heavy atom. The Morgan fingerprint density at radius 3 is 2.43 bits per heavy atom. The number of anilines is 1. The highest BCUT2D eigenvalue weighted by Gasteiger charge is 2.25. The fourth-order valence-corrected chi connectivity index (χ4v) is 3.25. The van der Waals surface area contributed by atoms with Crippen molar-refractivity contribution >= 4 is 17.4 Å². The van der Waals surface area contributed by atoms with E-state index in [0.29, 0.717) is 13.1 Å². The van der Waals surface area contributed by atoms with Gasteiger partial charge in [-0.2, -0.15) is 0 Å². The van der Waals surface area contributed by atoms with E-state index in [-0.39, 0.29) is 6.09 Å². The summed E-state index contributed by atoms with van der Waals surface area (Å²) in [5.41, 5.74) is 9.64. The SMILES string of the molecule is Cc1c(Oc2ccccc2)ccc(N)c1C1=CCN(C(=O)OC(C)(C)C)CC1. The van der Waals surface area contributed by atoms with Gasteiger partial charge in [-0.3, -0.25) is 0 Å². The van der Waals surface area contributed by atoms with Crippen molar-refractivity contribution < 1.29 is 14.3 Å². The van der Waals surface area contributed by atoms with Gasteiger partial charge >= 0.3 is 6.09 Å². The van der Waals surface area contributed by atoms with E-state index in [4.69, 9.17) is 15.2 Å². The second-order valence-corrected chi connectivity index (χ2v) is 7.97. The summed E-state index contributed by atoms with van der Waals surface area (Å²) in [4.78, 5) is 14.0. The summed E-state index contributed by atoms with van der Waals surface area (Å²) in [6, 6.07) is 13.5. The Bertz CT molecular complexity index is 883. The minimum Gasteiger partial charge on any atom is -0.457 e. The first kappa shape index (κ1) is 19.8. The van der Waals surface area contributed by atoms with Gasteiger partial charge in [0.15, 0.2) is 0 Å². The van der Waals surface area contributed by atoms with Gasteiger partial charge in [0.25, 0.3) is 0 Å². The van der Waals surface area contributed by atoms with Crippen LogP contribution < -0.4 is 10.5 Å². The number of rotatable bonds is 3. The number of nitrogens with zero attached hydrogens (tertiary/aromatic N) is 1. The molecule has 5 nitrogen and oxygen atoms in total. The van der Waals surface area contributed by atoms with Crippen LogP contribution in [0.3, 0.4) is 0 Å². The Labute approximate surface area is 166 Å². The predicted octanol–water partition coefficient (Wildman–Crippen LogP) is 5.39. The van der Waals surface area contributed by atoms with Crippen LogP contribution in [0.15, 0.2) is 48.5 Å². The number of nitrogens with two attached hydrogens (primary N) is 1. The number of carbonyl (C=O) groups is 1. The summed E-state index contributed by atoms with van der Waals surface area (Å²) in [5, 5.41) is 0. The fourth-order valence-electron chi connectivity index (χ4n) is 3.25. The van der Waals surface area contributed by atoms with Gasteiger partial charge in [-0.15, -0.1) is 0 Å². The minimum absolute atomic E-state index is 0.284. The number of benzene rings is 2. The minimum atomic E-state index is -0.495. The van der Waals surface area contributed by atoms with Gasteiger partial charge in [0.2, 0.25) is 0 Å². The molecule has 1 aliphatic heterocycles. The van der Waals surface area contributed by atoms with E-state index >= 15 is 0 Å². The van der Waals surface area contributed by atoms with Crippen LogP contribution in [0.5, 0.6) is 11.5 Å². The van der Waals surface area contributed by atoms with E-state index in [2.05, 4.69) is 6.08 Å². The quantitative estimate of drug-likeness (QED) is 0.725. The lowest BCUT2D eigenvalue weighted by atomic mass is 9.93. The van der Waals surface area contributed by atoms with E-state index in [1.54, 1.807) is 4.90 Å². The molecule has 1 amide bonds. The number of ether oxygens (including phenoxy) is 2. The van der Waals surface area contributed by atoms with Crippen LogP contribution in [0, 0.1) is 6.92 Å². The standard InChI is InChI=1S/C23H28N2O3/c1-16-20(27-18-8-6-5-7-9-18)11-10-19(24)21(16)17-12-14-25(15-13-17)22(26)28-23(2,3)4/h5-12H,13-15,24H2,1-4H3. The number of para-hydroxylation sites is 1. The fraction of sp³-hybridized carbons (Fsp3) is 0.348. The molecule has 0 spiro atoms. The molecular weight excluding hydrogens is 352 g/mol. The van der Waals surface area contributed by atoms with Gasteiger partial charge in [0.1, 0.15) is 17.1 Å². The lowest BCUT2D eigenvalue weighted by Gasteiger charge is -2.30. The average Bonchev–Trinajstić information content (AvgIpc) is 2.64. The summed E-state index contributed by atoms with van der Waals surface area (Å²) in [6.45, 7) is 8.75. The molecule has 0 aliphatic carbocycles. The Hall–Kier alpha value is -2.95. The maximum absolute atomic E-state index is 12.3. The van der Waals surface area contributed by atoms with Crippen molar-refractivity contribution in [1.82, 2.24) is 4.90 Å². The molecule has 2 aromatic rings. The van der Waals surface area contributed by atoms with Gasteiger partial charge in [-0.1, -0.05) is 24.3 Å². The molecule has 1 aliphatic rings. The third-order valence-electron chi connectivity index (χ3n) is 4.60. The lowest BCUT2D eigenvalue weighted by Crippen LogP contribution is -2.39. The van der Waals surface area contributed by atoms with Crippen LogP contribution >= 0.6 is 0 Å². The van der Waals surface area contributed by atoms with Gasteiger partial charge < -0.3 is 20.1 Å². The van der Waals surface area contributed by atoms with E-state index in [1.165, 1.54) is 0 Å². The number of hydrogen-bond acceptors (Lipinski definition) is 4. The summed E-state index contributed by atoms with van der Waals surface area (Å²) in [5.74, 6) is 1.57.